The highest BCUT2D eigenvalue weighted by Gasteiger charge is 2.30. The third-order valence-corrected chi connectivity index (χ3v) is 4.69. The second kappa shape index (κ2) is 13.5. The lowest BCUT2D eigenvalue weighted by Gasteiger charge is -2.08. The Kier molecular flexibility index (Phi) is 9.86. The zero-order valence-corrected chi connectivity index (χ0v) is 20.1. The van der Waals surface area contributed by atoms with Crippen LogP contribution in [0.3, 0.4) is 0 Å². The fourth-order valence-electron chi connectivity index (χ4n) is 2.90. The molecule has 0 saturated heterocycles. The number of carbonyl (C=O) groups is 1. The number of hydrogen-bond donors (Lipinski definition) is 2. The first-order chi connectivity index (χ1) is 18.2. The third kappa shape index (κ3) is 9.68. The van der Waals surface area contributed by atoms with Crippen LogP contribution in [0.25, 0.3) is 12.2 Å². The van der Waals surface area contributed by atoms with Crippen molar-refractivity contribution in [3.63, 3.8) is 0 Å². The maximum atomic E-state index is 12.0. The van der Waals surface area contributed by atoms with Gasteiger partial charge >= 0.3 is 12.3 Å². The van der Waals surface area contributed by atoms with Crippen molar-refractivity contribution in [2.45, 2.75) is 19.3 Å². The zero-order chi connectivity index (χ0) is 27.4. The Bertz CT molecular complexity index is 1290. The van der Waals surface area contributed by atoms with Crippen molar-refractivity contribution in [1.29, 1.82) is 0 Å². The predicted octanol–water partition coefficient (Wildman–Crippen LogP) is 5.23. The van der Waals surface area contributed by atoms with Crippen LogP contribution in [0.2, 0.25) is 0 Å². The van der Waals surface area contributed by atoms with Crippen molar-refractivity contribution in [3.8, 4) is 11.5 Å². The van der Waals surface area contributed by atoms with Crippen molar-refractivity contribution in [2.75, 3.05) is 19.0 Å². The minimum Gasteiger partial charge on any atom is -0.494 e. The number of halogens is 3. The Morgan fingerprint density at radius 1 is 1.11 bits per heavy atom. The molecule has 0 aliphatic rings. The summed E-state index contributed by atoms with van der Waals surface area (Å²) in [6, 6.07) is 13.0. The summed E-state index contributed by atoms with van der Waals surface area (Å²) in [7, 11) is 1.90. The van der Waals surface area contributed by atoms with Gasteiger partial charge in [0.15, 0.2) is 5.69 Å². The van der Waals surface area contributed by atoms with Gasteiger partial charge in [0, 0.05) is 38.0 Å². The smallest absolute Gasteiger partial charge is 0.494 e. The molecule has 4 rings (SSSR count). The molecule has 0 unspecified atom stereocenters. The number of aromatic carboxylic acids is 1. The molecule has 0 atom stereocenters. The van der Waals surface area contributed by atoms with E-state index in [9.17, 15) is 18.0 Å². The first-order valence-corrected chi connectivity index (χ1v) is 11.2. The molecule has 0 amide bonds. The van der Waals surface area contributed by atoms with E-state index in [1.54, 1.807) is 10.9 Å². The third-order valence-electron chi connectivity index (χ3n) is 4.69. The van der Waals surface area contributed by atoms with Crippen LogP contribution in [0, 0.1) is 0 Å². The lowest BCUT2D eigenvalue weighted by molar-refractivity contribution is -0.274. The minimum absolute atomic E-state index is 0.0722. The molecule has 2 heterocycles. The lowest BCUT2D eigenvalue weighted by Crippen LogP contribution is -2.16. The van der Waals surface area contributed by atoms with Gasteiger partial charge in [-0.15, -0.1) is 18.3 Å². The zero-order valence-electron chi connectivity index (χ0n) is 20.1. The molecule has 0 aliphatic heterocycles. The first-order valence-electron chi connectivity index (χ1n) is 11.2. The van der Waals surface area contributed by atoms with Gasteiger partial charge in [-0.25, -0.2) is 9.78 Å². The number of nitrogens with one attached hydrogen (secondary N) is 1. The summed E-state index contributed by atoms with van der Waals surface area (Å²) in [5.41, 5.74) is 1.42. The van der Waals surface area contributed by atoms with Crippen LogP contribution in [-0.2, 0) is 6.54 Å². The molecule has 2 N–H and O–H groups in total. The summed E-state index contributed by atoms with van der Waals surface area (Å²) in [5.74, 6) is -0.582. The summed E-state index contributed by atoms with van der Waals surface area (Å²) >= 11 is 0. The molecule has 0 saturated carbocycles. The van der Waals surface area contributed by atoms with E-state index < -0.39 is 12.3 Å². The van der Waals surface area contributed by atoms with Gasteiger partial charge in [-0.3, -0.25) is 4.68 Å². The van der Waals surface area contributed by atoms with Crippen molar-refractivity contribution >= 4 is 23.8 Å². The molecule has 0 spiro atoms. The molecule has 13 heteroatoms. The van der Waals surface area contributed by atoms with E-state index in [0.717, 1.165) is 42.8 Å². The molecule has 4 aromatic rings. The molecule has 0 aliphatic carbocycles. The molecule has 10 nitrogen and oxygen atoms in total. The van der Waals surface area contributed by atoms with E-state index in [-0.39, 0.29) is 17.3 Å². The number of anilines is 1. The monoisotopic (exact) mass is 531 g/mol. The van der Waals surface area contributed by atoms with Crippen LogP contribution >= 0.6 is 0 Å². The lowest BCUT2D eigenvalue weighted by atomic mass is 10.2. The van der Waals surface area contributed by atoms with Crippen LogP contribution in [0.15, 0.2) is 71.6 Å². The van der Waals surface area contributed by atoms with Crippen molar-refractivity contribution < 1.29 is 37.0 Å². The summed E-state index contributed by atoms with van der Waals surface area (Å²) in [6.07, 6.45) is 3.60. The van der Waals surface area contributed by atoms with Crippen molar-refractivity contribution in [3.05, 3.63) is 84.3 Å². The fourth-order valence-corrected chi connectivity index (χ4v) is 2.90. The number of ether oxygens (including phenoxy) is 2. The highest BCUT2D eigenvalue weighted by molar-refractivity contribution is 5.85. The average molecular weight is 531 g/mol. The molecule has 0 radical (unpaired) electrons. The summed E-state index contributed by atoms with van der Waals surface area (Å²) in [5, 5.41) is 19.3. The number of alkyl halides is 3. The van der Waals surface area contributed by atoms with Gasteiger partial charge in [0.05, 0.1) is 12.8 Å². The fraction of sp³-hybridized carbons (Fsp3) is 0.200. The van der Waals surface area contributed by atoms with E-state index in [4.69, 9.17) is 14.3 Å². The quantitative estimate of drug-likeness (QED) is 0.265. The Morgan fingerprint density at radius 3 is 2.39 bits per heavy atom. The topological polar surface area (TPSA) is 125 Å². The average Bonchev–Trinajstić information content (AvgIpc) is 3.59. The van der Waals surface area contributed by atoms with E-state index in [2.05, 4.69) is 25.3 Å². The molecule has 2 aromatic heterocycles. The Labute approximate surface area is 215 Å². The van der Waals surface area contributed by atoms with Gasteiger partial charge in [-0.1, -0.05) is 17.3 Å². The van der Waals surface area contributed by atoms with E-state index in [0.29, 0.717) is 12.2 Å². The van der Waals surface area contributed by atoms with Gasteiger partial charge in [-0.05, 0) is 48.0 Å². The second-order valence-corrected chi connectivity index (χ2v) is 7.47. The van der Waals surface area contributed by atoms with E-state index >= 15 is 0 Å². The van der Waals surface area contributed by atoms with Crippen LogP contribution in [0.4, 0.5) is 18.9 Å². The van der Waals surface area contributed by atoms with E-state index in [1.165, 1.54) is 24.3 Å². The molecule has 2 aromatic carbocycles. The molecule has 200 valence electrons. The Hall–Kier alpha value is -4.81. The maximum absolute atomic E-state index is 12.0. The van der Waals surface area contributed by atoms with Gasteiger partial charge in [0.1, 0.15) is 17.8 Å². The molecule has 38 heavy (non-hydrogen) atoms. The van der Waals surface area contributed by atoms with Crippen molar-refractivity contribution in [1.82, 2.24) is 20.0 Å². The first kappa shape index (κ1) is 27.8. The maximum Gasteiger partial charge on any atom is 0.573 e. The van der Waals surface area contributed by atoms with Crippen LogP contribution in [0.5, 0.6) is 11.5 Å². The largest absolute Gasteiger partial charge is 0.573 e. The SMILES string of the molecule is CNc1ccc(OCCCn2ccnn2)cc1.O=C(O)c1coc(C=Cc2ccc(OC(F)(F)F)cc2)n1. The standard InChI is InChI=1S/C13H8F3NO4.C12H16N4O/c14-13(15,16)21-9-4-1-8(2-5-9)3-6-11-17-10(7-20-11)12(18)19;1-13-11-3-5-12(6-4-11)17-10-2-8-16-9-7-14-15-16/h1-7H,(H,18,19);3-7,9,13H,2,8,10H2,1H3. The van der Waals surface area contributed by atoms with Gasteiger partial charge in [0.2, 0.25) is 5.89 Å². The number of carboxylic acid groups (broad SMARTS) is 1. The van der Waals surface area contributed by atoms with Crippen LogP contribution in [0.1, 0.15) is 28.4 Å². The highest BCUT2D eigenvalue weighted by Crippen LogP contribution is 2.23. The normalized spacial score (nSPS) is 11.1. The number of oxazole rings is 1. The number of carboxylic acids is 1. The van der Waals surface area contributed by atoms with Crippen molar-refractivity contribution in [2.24, 2.45) is 0 Å². The van der Waals surface area contributed by atoms with E-state index in [1.807, 2.05) is 37.5 Å². The summed E-state index contributed by atoms with van der Waals surface area (Å²) in [6.45, 7) is 1.51. The van der Waals surface area contributed by atoms with Gasteiger partial charge < -0.3 is 24.3 Å². The number of benzene rings is 2. The molecule has 0 fully saturated rings. The molecule has 0 bridgehead atoms. The minimum atomic E-state index is -4.73. The van der Waals surface area contributed by atoms with Crippen LogP contribution < -0.4 is 14.8 Å². The predicted molar refractivity (Wildman–Crippen MR) is 132 cm³/mol. The van der Waals surface area contributed by atoms with Gasteiger partial charge in [-0.2, -0.15) is 0 Å². The van der Waals surface area contributed by atoms with Crippen LogP contribution in [-0.4, -0.2) is 51.1 Å². The summed E-state index contributed by atoms with van der Waals surface area (Å²) < 4.78 is 51.9. The Balaban J connectivity index is 0.000000215. The highest BCUT2D eigenvalue weighted by atomic mass is 19.4. The molecular formula is C25H24F3N5O5. The Morgan fingerprint density at radius 2 is 1.82 bits per heavy atom. The number of hydrogen-bond acceptors (Lipinski definition) is 8. The molecular weight excluding hydrogens is 507 g/mol. The number of rotatable bonds is 10. The van der Waals surface area contributed by atoms with Gasteiger partial charge in [0.25, 0.3) is 0 Å². The second-order valence-electron chi connectivity index (χ2n) is 7.47. The number of nitrogens with zero attached hydrogens (tertiary/aromatic N) is 4. The summed E-state index contributed by atoms with van der Waals surface area (Å²) in [4.78, 5) is 14.3. The number of aryl methyl sites for hydroxylation is 1. The number of aromatic nitrogens is 4.